The summed E-state index contributed by atoms with van der Waals surface area (Å²) in [6.45, 7) is 6.64. The van der Waals surface area contributed by atoms with Gasteiger partial charge in [-0.2, -0.15) is 0 Å². The number of nitrogens with zero attached hydrogens (tertiary/aromatic N) is 2. The molecule has 0 fully saturated rings. The molecule has 32 heavy (non-hydrogen) atoms. The number of rotatable bonds is 9. The number of hydrogen-bond acceptors (Lipinski definition) is 3. The zero-order chi connectivity index (χ0) is 23.1. The molecular formula is C25H31FN4O2. The molecule has 0 unspecified atom stereocenters. The van der Waals surface area contributed by atoms with Gasteiger partial charge in [0.15, 0.2) is 0 Å². The van der Waals surface area contributed by atoms with Gasteiger partial charge in [0.2, 0.25) is 0 Å². The zero-order valence-electron chi connectivity index (χ0n) is 18.8. The van der Waals surface area contributed by atoms with Gasteiger partial charge in [0, 0.05) is 24.8 Å². The fourth-order valence-corrected chi connectivity index (χ4v) is 3.62. The molecule has 3 aromatic rings. The molecule has 0 radical (unpaired) electrons. The van der Waals surface area contributed by atoms with Crippen LogP contribution in [-0.4, -0.2) is 40.0 Å². The number of amides is 1. The van der Waals surface area contributed by atoms with E-state index in [0.29, 0.717) is 6.54 Å². The lowest BCUT2D eigenvalue weighted by atomic mass is 9.86. The number of hydrogen-bond donors (Lipinski definition) is 3. The molecule has 170 valence electrons. The number of alkyl halides is 1. The first-order valence-corrected chi connectivity index (χ1v) is 10.7. The minimum absolute atomic E-state index is 0.0150. The van der Waals surface area contributed by atoms with E-state index in [1.807, 2.05) is 54.7 Å². The summed E-state index contributed by atoms with van der Waals surface area (Å²) in [5.74, 6) is 0.818. The number of carboxylic acid groups (broad SMARTS) is 1. The molecule has 3 N–H and O–H groups in total. The lowest BCUT2D eigenvalue weighted by Gasteiger charge is -2.32. The Hall–Kier alpha value is -3.19. The van der Waals surface area contributed by atoms with Crippen LogP contribution in [0.3, 0.4) is 0 Å². The lowest BCUT2D eigenvalue weighted by Crippen LogP contribution is -2.41. The number of halogens is 1. The molecule has 0 aliphatic carbocycles. The lowest BCUT2D eigenvalue weighted by molar-refractivity contribution is 0.185. The quantitative estimate of drug-likeness (QED) is 0.445. The molecule has 0 bridgehead atoms. The molecule has 0 saturated carbocycles. The Balaban J connectivity index is 1.92. The largest absolute Gasteiger partial charge is 0.465 e. The maximum absolute atomic E-state index is 14.3. The van der Waals surface area contributed by atoms with Crippen LogP contribution < -0.4 is 10.6 Å². The average molecular weight is 439 g/mol. The summed E-state index contributed by atoms with van der Waals surface area (Å²) in [5.41, 5.74) is 2.76. The zero-order valence-corrected chi connectivity index (χ0v) is 18.8. The summed E-state index contributed by atoms with van der Waals surface area (Å²) in [5, 5.41) is 14.1. The highest BCUT2D eigenvalue weighted by Crippen LogP contribution is 2.34. The topological polar surface area (TPSA) is 79.2 Å². The van der Waals surface area contributed by atoms with Gasteiger partial charge in [0.1, 0.15) is 12.0 Å². The Morgan fingerprint density at radius 1 is 1.06 bits per heavy atom. The Kier molecular flexibility index (Phi) is 7.64. The van der Waals surface area contributed by atoms with E-state index < -0.39 is 12.3 Å². The minimum Gasteiger partial charge on any atom is -0.465 e. The Morgan fingerprint density at radius 2 is 1.69 bits per heavy atom. The number of nitrogens with one attached hydrogen (secondary N) is 2. The molecule has 0 spiro atoms. The van der Waals surface area contributed by atoms with Crippen LogP contribution in [0.1, 0.15) is 38.2 Å². The number of aromatic nitrogens is 2. The van der Waals surface area contributed by atoms with Crippen LogP contribution >= 0.6 is 0 Å². The third-order valence-electron chi connectivity index (χ3n) is 5.22. The van der Waals surface area contributed by atoms with Crippen molar-refractivity contribution in [2.75, 3.05) is 13.1 Å². The minimum atomic E-state index is -1.35. The standard InChI is InChI=1S/C25H31FN4O2/c1-25(2,3)22(27-14-20(26)15-28-24(31)32)23-29-21(19-12-8-5-9-13-19)17-30(23)16-18-10-6-4-7-11-18/h4-13,17,20,22,27-28H,14-16H2,1-3H3,(H,31,32)/t20-,22+/m1/s1. The van der Waals surface area contributed by atoms with Crippen molar-refractivity contribution in [3.8, 4) is 11.3 Å². The SMILES string of the molecule is CC(C)(C)[C@@H](NC[C@@H](F)CNC(=O)O)c1nc(-c2ccccc2)cn1Cc1ccccc1. The average Bonchev–Trinajstić information content (AvgIpc) is 3.16. The summed E-state index contributed by atoms with van der Waals surface area (Å²) < 4.78 is 16.4. The van der Waals surface area contributed by atoms with Crippen molar-refractivity contribution in [2.24, 2.45) is 5.41 Å². The molecule has 1 heterocycles. The summed E-state index contributed by atoms with van der Waals surface area (Å²) in [6, 6.07) is 19.9. The molecule has 1 aromatic heterocycles. The van der Waals surface area contributed by atoms with Crippen molar-refractivity contribution in [3.63, 3.8) is 0 Å². The third kappa shape index (κ3) is 6.40. The summed E-state index contributed by atoms with van der Waals surface area (Å²) >= 11 is 0. The molecule has 7 heteroatoms. The van der Waals surface area contributed by atoms with Gasteiger partial charge in [-0.1, -0.05) is 81.4 Å². The van der Waals surface area contributed by atoms with E-state index in [4.69, 9.17) is 10.1 Å². The van der Waals surface area contributed by atoms with Gasteiger partial charge < -0.3 is 20.3 Å². The van der Waals surface area contributed by atoms with E-state index in [9.17, 15) is 9.18 Å². The highest BCUT2D eigenvalue weighted by atomic mass is 19.1. The summed E-state index contributed by atoms with van der Waals surface area (Å²) in [7, 11) is 0. The second-order valence-electron chi connectivity index (χ2n) is 8.95. The van der Waals surface area contributed by atoms with Crippen LogP contribution in [-0.2, 0) is 6.54 Å². The molecule has 0 aliphatic heterocycles. The third-order valence-corrected chi connectivity index (χ3v) is 5.22. The Morgan fingerprint density at radius 3 is 2.28 bits per heavy atom. The smallest absolute Gasteiger partial charge is 0.404 e. The van der Waals surface area contributed by atoms with E-state index in [2.05, 4.69) is 48.1 Å². The van der Waals surface area contributed by atoms with Gasteiger partial charge in [0.05, 0.1) is 18.3 Å². The van der Waals surface area contributed by atoms with Crippen LogP contribution in [0.25, 0.3) is 11.3 Å². The van der Waals surface area contributed by atoms with Crippen LogP contribution in [0.2, 0.25) is 0 Å². The second kappa shape index (κ2) is 10.4. The molecule has 2 aromatic carbocycles. The first-order valence-electron chi connectivity index (χ1n) is 10.7. The molecule has 1 amide bonds. The summed E-state index contributed by atoms with van der Waals surface area (Å²) in [4.78, 5) is 15.6. The fourth-order valence-electron chi connectivity index (χ4n) is 3.62. The number of benzene rings is 2. The molecule has 6 nitrogen and oxygen atoms in total. The number of carbonyl (C=O) groups is 1. The maximum atomic E-state index is 14.3. The Labute approximate surface area is 188 Å². The van der Waals surface area contributed by atoms with Gasteiger partial charge in [-0.3, -0.25) is 0 Å². The van der Waals surface area contributed by atoms with E-state index in [-0.39, 0.29) is 24.5 Å². The van der Waals surface area contributed by atoms with Gasteiger partial charge in [-0.05, 0) is 11.0 Å². The van der Waals surface area contributed by atoms with Crippen molar-refractivity contribution in [1.29, 1.82) is 0 Å². The monoisotopic (exact) mass is 438 g/mol. The molecule has 0 aliphatic rings. The molecule has 0 saturated heterocycles. The van der Waals surface area contributed by atoms with Gasteiger partial charge >= 0.3 is 6.09 Å². The fraction of sp³-hybridized carbons (Fsp3) is 0.360. The molecular weight excluding hydrogens is 407 g/mol. The van der Waals surface area contributed by atoms with E-state index in [1.165, 1.54) is 0 Å². The first kappa shape index (κ1) is 23.5. The predicted octanol–water partition coefficient (Wildman–Crippen LogP) is 4.88. The van der Waals surface area contributed by atoms with Crippen molar-refractivity contribution < 1.29 is 14.3 Å². The number of imidazole rings is 1. The molecule has 3 rings (SSSR count). The maximum Gasteiger partial charge on any atom is 0.404 e. The van der Waals surface area contributed by atoms with Gasteiger partial charge in [0.25, 0.3) is 0 Å². The van der Waals surface area contributed by atoms with Crippen molar-refractivity contribution >= 4 is 6.09 Å². The Bertz CT molecular complexity index is 1000. The van der Waals surface area contributed by atoms with Gasteiger partial charge in [-0.25, -0.2) is 14.2 Å². The van der Waals surface area contributed by atoms with Crippen LogP contribution in [0.15, 0.2) is 66.9 Å². The van der Waals surface area contributed by atoms with Crippen LogP contribution in [0.5, 0.6) is 0 Å². The first-order chi connectivity index (χ1) is 15.2. The predicted molar refractivity (Wildman–Crippen MR) is 124 cm³/mol. The highest BCUT2D eigenvalue weighted by molar-refractivity contribution is 5.64. The van der Waals surface area contributed by atoms with Crippen LogP contribution in [0, 0.1) is 5.41 Å². The van der Waals surface area contributed by atoms with Crippen molar-refractivity contribution in [1.82, 2.24) is 20.2 Å². The van der Waals surface area contributed by atoms with E-state index in [0.717, 1.165) is 22.6 Å². The van der Waals surface area contributed by atoms with Crippen molar-refractivity contribution in [3.05, 3.63) is 78.2 Å². The van der Waals surface area contributed by atoms with Crippen molar-refractivity contribution in [2.45, 2.75) is 39.5 Å². The second-order valence-corrected chi connectivity index (χ2v) is 8.95. The highest BCUT2D eigenvalue weighted by Gasteiger charge is 2.31. The molecule has 2 atom stereocenters. The van der Waals surface area contributed by atoms with E-state index >= 15 is 0 Å². The van der Waals surface area contributed by atoms with Crippen LogP contribution in [0.4, 0.5) is 9.18 Å². The van der Waals surface area contributed by atoms with Gasteiger partial charge in [-0.15, -0.1) is 0 Å². The normalized spacial score (nSPS) is 13.5. The van der Waals surface area contributed by atoms with E-state index in [1.54, 1.807) is 0 Å². The summed E-state index contributed by atoms with van der Waals surface area (Å²) in [6.07, 6.45) is -0.537.